The fraction of sp³-hybridized carbons (Fsp3) is 0.316. The van der Waals surface area contributed by atoms with Gasteiger partial charge in [-0.05, 0) is 39.7 Å². The molecule has 230 valence electrons. The van der Waals surface area contributed by atoms with Crippen molar-refractivity contribution in [1.82, 2.24) is 5.06 Å². The van der Waals surface area contributed by atoms with E-state index in [-0.39, 0.29) is 24.5 Å². The Morgan fingerprint density at radius 1 is 0.705 bits per heavy atom. The Hall–Kier alpha value is -4.26. The highest BCUT2D eigenvalue weighted by Gasteiger charge is 2.33. The van der Waals surface area contributed by atoms with Gasteiger partial charge in [-0.3, -0.25) is 14.4 Å². The van der Waals surface area contributed by atoms with Crippen molar-refractivity contribution >= 4 is 17.6 Å². The summed E-state index contributed by atoms with van der Waals surface area (Å²) in [6.45, 7) is 11.4. The highest BCUT2D eigenvalue weighted by Crippen LogP contribution is 2.34. The smallest absolute Gasteiger partial charge is 0.323 e. The van der Waals surface area contributed by atoms with Crippen molar-refractivity contribution in [2.75, 3.05) is 18.5 Å². The first-order valence-electron chi connectivity index (χ1n) is 15.4. The normalized spacial score (nSPS) is 12.7. The van der Waals surface area contributed by atoms with E-state index in [1.807, 2.05) is 109 Å². The van der Waals surface area contributed by atoms with E-state index in [1.165, 1.54) is 0 Å². The summed E-state index contributed by atoms with van der Waals surface area (Å²) in [5.41, 5.74) is 5.39. The second-order valence-electron chi connectivity index (χ2n) is 11.5. The Kier molecular flexibility index (Phi) is 11.9. The third-order valence-corrected chi connectivity index (χ3v) is 7.72. The number of carbonyl (C=O) groups excluding carboxylic acids is 2. The van der Waals surface area contributed by atoms with Gasteiger partial charge in [-0.15, -0.1) is 0 Å². The maximum atomic E-state index is 14.0. The number of nitrogens with zero attached hydrogens (tertiary/aromatic N) is 1. The van der Waals surface area contributed by atoms with Gasteiger partial charge in [0.1, 0.15) is 6.61 Å². The van der Waals surface area contributed by atoms with Gasteiger partial charge in [-0.2, -0.15) is 5.06 Å². The number of ether oxygens (including phenoxy) is 1. The van der Waals surface area contributed by atoms with Gasteiger partial charge in [0.05, 0.1) is 12.6 Å². The number of likely N-dealkylation sites (N-methyl/N-ethyl adjacent to an activating group) is 1. The predicted molar refractivity (Wildman–Crippen MR) is 176 cm³/mol. The molecular weight excluding hydrogens is 548 g/mol. The summed E-state index contributed by atoms with van der Waals surface area (Å²) >= 11 is 0. The summed E-state index contributed by atoms with van der Waals surface area (Å²) in [7, 11) is 0. The Morgan fingerprint density at radius 2 is 1.23 bits per heavy atom. The van der Waals surface area contributed by atoms with Crippen LogP contribution in [-0.4, -0.2) is 30.1 Å². The molecule has 0 spiro atoms. The fourth-order valence-corrected chi connectivity index (χ4v) is 5.33. The summed E-state index contributed by atoms with van der Waals surface area (Å²) < 4.78 is 6.00. The number of anilines is 1. The monoisotopic (exact) mass is 592 g/mol. The lowest BCUT2D eigenvalue weighted by Gasteiger charge is -2.30. The van der Waals surface area contributed by atoms with Crippen molar-refractivity contribution in [3.8, 4) is 0 Å². The number of nitrogens with one attached hydrogen (secondary N) is 1. The van der Waals surface area contributed by atoms with Gasteiger partial charge in [-0.1, -0.05) is 144 Å². The van der Waals surface area contributed by atoms with Gasteiger partial charge < -0.3 is 10.1 Å². The summed E-state index contributed by atoms with van der Waals surface area (Å²) in [5.74, 6) is -1.79. The number of hydrogen-bond acceptors (Lipinski definition) is 5. The summed E-state index contributed by atoms with van der Waals surface area (Å²) in [5, 5.41) is 4.97. The molecule has 0 aromatic heterocycles. The average molecular weight is 593 g/mol. The number of carbonyl (C=O) groups is 2. The van der Waals surface area contributed by atoms with Crippen LogP contribution < -0.4 is 5.32 Å². The number of para-hydroxylation sites is 1. The van der Waals surface area contributed by atoms with Crippen molar-refractivity contribution in [2.45, 2.75) is 65.0 Å². The first-order chi connectivity index (χ1) is 21.3. The summed E-state index contributed by atoms with van der Waals surface area (Å²) in [6.07, 6.45) is 0. The van der Waals surface area contributed by atoms with Crippen LogP contribution in [0.25, 0.3) is 0 Å². The van der Waals surface area contributed by atoms with E-state index in [0.717, 1.165) is 27.9 Å². The second kappa shape index (κ2) is 16.0. The number of hydroxylamine groups is 2. The molecule has 2 unspecified atom stereocenters. The molecule has 0 aliphatic carbocycles. The number of amides is 1. The van der Waals surface area contributed by atoms with E-state index in [0.29, 0.717) is 18.7 Å². The van der Waals surface area contributed by atoms with Crippen LogP contribution >= 0.6 is 0 Å². The molecule has 1 amide bonds. The van der Waals surface area contributed by atoms with Crippen molar-refractivity contribution in [3.63, 3.8) is 0 Å². The number of hydrogen-bond donors (Lipinski definition) is 1. The zero-order chi connectivity index (χ0) is 31.5. The van der Waals surface area contributed by atoms with E-state index in [1.54, 1.807) is 12.1 Å². The van der Waals surface area contributed by atoms with E-state index < -0.39 is 17.8 Å². The highest BCUT2D eigenvalue weighted by molar-refractivity contribution is 6.10. The molecular formula is C38H44N2O4. The molecule has 0 bridgehead atoms. The van der Waals surface area contributed by atoms with Crippen LogP contribution in [0.4, 0.5) is 5.69 Å². The third-order valence-electron chi connectivity index (χ3n) is 7.72. The Labute approximate surface area is 262 Å². The lowest BCUT2D eigenvalue weighted by Crippen LogP contribution is -2.35. The predicted octanol–water partition coefficient (Wildman–Crippen LogP) is 8.39. The first kappa shape index (κ1) is 32.6. The quantitative estimate of drug-likeness (QED) is 0.0905. The molecule has 0 aliphatic rings. The molecule has 1 N–H and O–H groups in total. The van der Waals surface area contributed by atoms with E-state index in [4.69, 9.17) is 9.57 Å². The minimum atomic E-state index is -1.15. The van der Waals surface area contributed by atoms with Crippen molar-refractivity contribution < 1.29 is 19.2 Å². The van der Waals surface area contributed by atoms with Gasteiger partial charge in [0.15, 0.2) is 5.92 Å². The molecule has 2 atom stereocenters. The largest absolute Gasteiger partial charge is 0.463 e. The van der Waals surface area contributed by atoms with E-state index in [2.05, 4.69) is 33.0 Å². The fourth-order valence-electron chi connectivity index (χ4n) is 5.33. The highest BCUT2D eigenvalue weighted by atomic mass is 16.7. The molecule has 6 heteroatoms. The maximum absolute atomic E-state index is 14.0. The van der Waals surface area contributed by atoms with Gasteiger partial charge in [0.25, 0.3) is 0 Å². The van der Waals surface area contributed by atoms with Gasteiger partial charge in [-0.25, -0.2) is 0 Å². The molecule has 0 fully saturated rings. The average Bonchev–Trinajstić information content (AvgIpc) is 3.04. The number of rotatable bonds is 14. The Balaban J connectivity index is 1.60. The van der Waals surface area contributed by atoms with Crippen LogP contribution in [0.2, 0.25) is 0 Å². The molecule has 0 heterocycles. The van der Waals surface area contributed by atoms with E-state index in [9.17, 15) is 9.59 Å². The van der Waals surface area contributed by atoms with E-state index >= 15 is 0 Å². The van der Waals surface area contributed by atoms with Gasteiger partial charge in [0.2, 0.25) is 5.91 Å². The van der Waals surface area contributed by atoms with Crippen molar-refractivity contribution in [1.29, 1.82) is 0 Å². The zero-order valence-electron chi connectivity index (χ0n) is 26.4. The van der Waals surface area contributed by atoms with Crippen molar-refractivity contribution in [2.24, 2.45) is 0 Å². The molecule has 44 heavy (non-hydrogen) atoms. The van der Waals surface area contributed by atoms with Crippen LogP contribution in [0, 0.1) is 0 Å². The van der Waals surface area contributed by atoms with Crippen LogP contribution in [-0.2, 0) is 25.8 Å². The molecule has 4 aromatic rings. The SMILES string of the molecule is CCN(OCc1ccccc1)C(COC(=O)C(C(=O)Nc1c(C(C)C)cccc1C(C)C)c1ccccc1)c1ccccc1. The lowest BCUT2D eigenvalue weighted by molar-refractivity contribution is -0.206. The lowest BCUT2D eigenvalue weighted by atomic mass is 9.91. The summed E-state index contributed by atoms with van der Waals surface area (Å²) in [6, 6.07) is 34.6. The molecule has 4 aromatic carbocycles. The minimum absolute atomic E-state index is 0.0158. The summed E-state index contributed by atoms with van der Waals surface area (Å²) in [4.78, 5) is 34.1. The molecule has 0 aliphatic heterocycles. The first-order valence-corrected chi connectivity index (χ1v) is 15.4. The Morgan fingerprint density at radius 3 is 1.75 bits per heavy atom. The van der Waals surface area contributed by atoms with Crippen LogP contribution in [0.3, 0.4) is 0 Å². The van der Waals surface area contributed by atoms with Crippen LogP contribution in [0.15, 0.2) is 109 Å². The number of benzene rings is 4. The minimum Gasteiger partial charge on any atom is -0.463 e. The Bertz CT molecular complexity index is 1450. The van der Waals surface area contributed by atoms with Crippen molar-refractivity contribution in [3.05, 3.63) is 137 Å². The standard InChI is InChI=1S/C38H44N2O4/c1-6-40(44-25-29-17-10-7-11-18-29)34(30-19-12-8-13-20-30)26-43-38(42)35(31-21-14-9-15-22-31)37(41)39-36-32(27(2)3)23-16-24-33(36)28(4)5/h7-24,27-28,34-35H,6,25-26H2,1-5H3,(H,39,41). The molecule has 6 nitrogen and oxygen atoms in total. The maximum Gasteiger partial charge on any atom is 0.323 e. The van der Waals surface area contributed by atoms with Crippen LogP contribution in [0.1, 0.15) is 86.2 Å². The molecule has 0 saturated heterocycles. The van der Waals surface area contributed by atoms with Crippen LogP contribution in [0.5, 0.6) is 0 Å². The van der Waals surface area contributed by atoms with Gasteiger partial charge >= 0.3 is 5.97 Å². The molecule has 0 saturated carbocycles. The zero-order valence-corrected chi connectivity index (χ0v) is 26.4. The molecule has 0 radical (unpaired) electrons. The third kappa shape index (κ3) is 8.43. The molecule has 4 rings (SSSR count). The van der Waals surface area contributed by atoms with Gasteiger partial charge in [0, 0.05) is 12.2 Å². The number of esters is 1. The topological polar surface area (TPSA) is 67.9 Å². The second-order valence-corrected chi connectivity index (χ2v) is 11.5.